The number of imidazole rings is 1. The van der Waals surface area contributed by atoms with Gasteiger partial charge in [0.05, 0.1) is 6.20 Å². The van der Waals surface area contributed by atoms with Gasteiger partial charge < -0.3 is 10.7 Å². The topological polar surface area (TPSA) is 63.3 Å². The van der Waals surface area contributed by atoms with Crippen LogP contribution < -0.4 is 11.3 Å². The monoisotopic (exact) mass is 149 g/mol. The van der Waals surface area contributed by atoms with Crippen molar-refractivity contribution in [1.82, 2.24) is 9.38 Å². The van der Waals surface area contributed by atoms with Crippen molar-refractivity contribution in [3.8, 4) is 0 Å². The Bertz CT molecular complexity index is 440. The van der Waals surface area contributed by atoms with Gasteiger partial charge in [-0.05, 0) is 6.07 Å². The highest BCUT2D eigenvalue weighted by Gasteiger charge is 1.95. The van der Waals surface area contributed by atoms with Crippen LogP contribution in [0.2, 0.25) is 0 Å². The zero-order valence-corrected chi connectivity index (χ0v) is 5.74. The lowest BCUT2D eigenvalue weighted by atomic mass is 10.5. The van der Waals surface area contributed by atoms with Crippen LogP contribution in [0, 0.1) is 0 Å². The number of fused-ring (bicyclic) bond motifs is 1. The van der Waals surface area contributed by atoms with Gasteiger partial charge in [-0.3, -0.25) is 9.20 Å². The Hall–Kier alpha value is -1.71. The summed E-state index contributed by atoms with van der Waals surface area (Å²) < 4.78 is 1.47. The van der Waals surface area contributed by atoms with E-state index in [-0.39, 0.29) is 5.56 Å². The first-order chi connectivity index (χ1) is 5.27. The second-order valence-corrected chi connectivity index (χ2v) is 2.33. The Morgan fingerprint density at radius 2 is 2.27 bits per heavy atom. The lowest BCUT2D eigenvalue weighted by molar-refractivity contribution is 1.12. The molecule has 0 atom stereocenters. The summed E-state index contributed by atoms with van der Waals surface area (Å²) in [5.41, 5.74) is 6.09. The standard InChI is InChI=1S/C7H7N3O/c8-5-4-10-6(9-5)2-1-3-7(10)11/h1-4,9H,8H2. The Kier molecular flexibility index (Phi) is 1.03. The van der Waals surface area contributed by atoms with Crippen LogP contribution in [0.3, 0.4) is 0 Å². The van der Waals surface area contributed by atoms with E-state index in [4.69, 9.17) is 5.73 Å². The summed E-state index contributed by atoms with van der Waals surface area (Å²) in [7, 11) is 0. The van der Waals surface area contributed by atoms with Gasteiger partial charge in [-0.2, -0.15) is 0 Å². The van der Waals surface area contributed by atoms with Crippen molar-refractivity contribution < 1.29 is 0 Å². The van der Waals surface area contributed by atoms with Crippen molar-refractivity contribution in [3.63, 3.8) is 0 Å². The molecule has 0 bridgehead atoms. The molecule has 2 aromatic heterocycles. The molecule has 3 N–H and O–H groups in total. The number of nitrogens with one attached hydrogen (secondary N) is 1. The molecule has 0 aliphatic rings. The van der Waals surface area contributed by atoms with Crippen molar-refractivity contribution in [3.05, 3.63) is 34.7 Å². The zero-order valence-electron chi connectivity index (χ0n) is 5.74. The molecular weight excluding hydrogens is 142 g/mol. The fraction of sp³-hybridized carbons (Fsp3) is 0. The molecule has 0 aromatic carbocycles. The highest BCUT2D eigenvalue weighted by atomic mass is 16.1. The number of hydrogen-bond acceptors (Lipinski definition) is 2. The quantitative estimate of drug-likeness (QED) is 0.562. The predicted molar refractivity (Wildman–Crippen MR) is 42.4 cm³/mol. The number of nitrogen functional groups attached to an aromatic ring is 1. The first-order valence-corrected chi connectivity index (χ1v) is 3.23. The molecule has 0 unspecified atom stereocenters. The molecule has 2 heterocycles. The summed E-state index contributed by atoms with van der Waals surface area (Å²) in [5, 5.41) is 0. The minimum absolute atomic E-state index is 0.0737. The molecule has 0 saturated heterocycles. The highest BCUT2D eigenvalue weighted by molar-refractivity contribution is 5.45. The maximum Gasteiger partial charge on any atom is 0.256 e. The Balaban J connectivity index is 3.02. The molecule has 2 aromatic rings. The SMILES string of the molecule is Nc1cn2c(=O)cccc2[nH]1. The maximum absolute atomic E-state index is 11.1. The van der Waals surface area contributed by atoms with Crippen LogP contribution in [0.4, 0.5) is 5.82 Å². The summed E-state index contributed by atoms with van der Waals surface area (Å²) in [6.07, 6.45) is 1.57. The molecule has 11 heavy (non-hydrogen) atoms. The van der Waals surface area contributed by atoms with Crippen molar-refractivity contribution in [2.75, 3.05) is 5.73 Å². The smallest absolute Gasteiger partial charge is 0.256 e. The van der Waals surface area contributed by atoms with E-state index in [1.165, 1.54) is 10.5 Å². The third kappa shape index (κ3) is 0.797. The Morgan fingerprint density at radius 1 is 1.45 bits per heavy atom. The van der Waals surface area contributed by atoms with Gasteiger partial charge in [0.25, 0.3) is 5.56 Å². The predicted octanol–water partition coefficient (Wildman–Crippen LogP) is 0.210. The second kappa shape index (κ2) is 1.88. The van der Waals surface area contributed by atoms with E-state index in [9.17, 15) is 4.79 Å². The molecular formula is C7H7N3O. The number of anilines is 1. The molecule has 0 amide bonds. The van der Waals surface area contributed by atoms with Crippen molar-refractivity contribution in [2.45, 2.75) is 0 Å². The number of nitrogens with zero attached hydrogens (tertiary/aromatic N) is 1. The number of nitrogens with two attached hydrogens (primary N) is 1. The summed E-state index contributed by atoms with van der Waals surface area (Å²) in [4.78, 5) is 13.9. The van der Waals surface area contributed by atoms with E-state index >= 15 is 0 Å². The van der Waals surface area contributed by atoms with E-state index in [1.807, 2.05) is 0 Å². The van der Waals surface area contributed by atoms with Gasteiger partial charge in [0.1, 0.15) is 11.5 Å². The van der Waals surface area contributed by atoms with Crippen molar-refractivity contribution >= 4 is 11.5 Å². The van der Waals surface area contributed by atoms with E-state index in [0.717, 1.165) is 5.65 Å². The molecule has 2 rings (SSSR count). The van der Waals surface area contributed by atoms with Crippen LogP contribution in [0.1, 0.15) is 0 Å². The molecule has 0 spiro atoms. The third-order valence-electron chi connectivity index (χ3n) is 1.53. The summed E-state index contributed by atoms with van der Waals surface area (Å²) in [6.45, 7) is 0. The Morgan fingerprint density at radius 3 is 3.00 bits per heavy atom. The molecule has 56 valence electrons. The first-order valence-electron chi connectivity index (χ1n) is 3.23. The number of hydrogen-bond donors (Lipinski definition) is 2. The van der Waals surface area contributed by atoms with Gasteiger partial charge in [0, 0.05) is 6.07 Å². The summed E-state index contributed by atoms with van der Waals surface area (Å²) >= 11 is 0. The number of H-pyrrole nitrogens is 1. The second-order valence-electron chi connectivity index (χ2n) is 2.33. The van der Waals surface area contributed by atoms with Crippen LogP contribution in [0.5, 0.6) is 0 Å². The average molecular weight is 149 g/mol. The van der Waals surface area contributed by atoms with Crippen LogP contribution in [0.15, 0.2) is 29.2 Å². The van der Waals surface area contributed by atoms with Crippen LogP contribution in [-0.4, -0.2) is 9.38 Å². The lowest BCUT2D eigenvalue weighted by Crippen LogP contribution is -2.08. The summed E-state index contributed by atoms with van der Waals surface area (Å²) in [5.74, 6) is 0.494. The maximum atomic E-state index is 11.1. The van der Waals surface area contributed by atoms with E-state index in [1.54, 1.807) is 18.3 Å². The largest absolute Gasteiger partial charge is 0.384 e. The van der Waals surface area contributed by atoms with Gasteiger partial charge in [-0.1, -0.05) is 6.07 Å². The highest BCUT2D eigenvalue weighted by Crippen LogP contribution is 2.01. The van der Waals surface area contributed by atoms with Gasteiger partial charge in [0.15, 0.2) is 0 Å². The molecule has 0 radical (unpaired) electrons. The van der Waals surface area contributed by atoms with Gasteiger partial charge >= 0.3 is 0 Å². The van der Waals surface area contributed by atoms with E-state index in [2.05, 4.69) is 4.98 Å². The summed E-state index contributed by atoms with van der Waals surface area (Å²) in [6, 6.07) is 4.96. The van der Waals surface area contributed by atoms with Gasteiger partial charge in [-0.15, -0.1) is 0 Å². The fourth-order valence-electron chi connectivity index (χ4n) is 1.06. The van der Waals surface area contributed by atoms with Crippen molar-refractivity contribution in [1.29, 1.82) is 0 Å². The number of aromatic amines is 1. The first kappa shape index (κ1) is 6.03. The minimum Gasteiger partial charge on any atom is -0.384 e. The molecule has 0 aliphatic heterocycles. The lowest BCUT2D eigenvalue weighted by Gasteiger charge is -1.86. The molecule has 0 aliphatic carbocycles. The third-order valence-corrected chi connectivity index (χ3v) is 1.53. The molecule has 4 nitrogen and oxygen atoms in total. The van der Waals surface area contributed by atoms with Crippen LogP contribution in [-0.2, 0) is 0 Å². The van der Waals surface area contributed by atoms with Crippen LogP contribution in [0.25, 0.3) is 5.65 Å². The fourth-order valence-corrected chi connectivity index (χ4v) is 1.06. The van der Waals surface area contributed by atoms with Crippen molar-refractivity contribution in [2.24, 2.45) is 0 Å². The minimum atomic E-state index is -0.0737. The number of aromatic nitrogens is 2. The normalized spacial score (nSPS) is 10.5. The van der Waals surface area contributed by atoms with Crippen LogP contribution >= 0.6 is 0 Å². The van der Waals surface area contributed by atoms with E-state index < -0.39 is 0 Å². The molecule has 0 fully saturated rings. The number of pyridine rings is 1. The van der Waals surface area contributed by atoms with E-state index in [0.29, 0.717) is 5.82 Å². The molecule has 0 saturated carbocycles. The number of rotatable bonds is 0. The average Bonchev–Trinajstić information content (AvgIpc) is 2.31. The zero-order chi connectivity index (χ0) is 7.84. The molecule has 4 heteroatoms. The Labute approximate surface area is 62.3 Å². The van der Waals surface area contributed by atoms with Gasteiger partial charge in [-0.25, -0.2) is 0 Å². The van der Waals surface area contributed by atoms with Gasteiger partial charge in [0.2, 0.25) is 0 Å².